The highest BCUT2D eigenvalue weighted by atomic mass is 16.3. The van der Waals surface area contributed by atoms with E-state index in [1.807, 2.05) is 19.9 Å². The van der Waals surface area contributed by atoms with E-state index in [0.29, 0.717) is 5.69 Å². The van der Waals surface area contributed by atoms with E-state index in [1.54, 1.807) is 24.1 Å². The number of hydrogen-bond acceptors (Lipinski definition) is 4. The van der Waals surface area contributed by atoms with Crippen LogP contribution >= 0.6 is 0 Å². The number of aliphatic hydroxyl groups excluding tert-OH is 1. The first-order valence-electron chi connectivity index (χ1n) is 5.91. The molecular formula is C13H21N3O2. The second kappa shape index (κ2) is 6.37. The largest absolute Gasteiger partial charge is 0.399 e. The van der Waals surface area contributed by atoms with Crippen LogP contribution in [0.4, 0.5) is 11.4 Å². The summed E-state index contributed by atoms with van der Waals surface area (Å²) in [6.45, 7) is 4.03. The minimum atomic E-state index is -0.119. The Kier molecular flexibility index (Phi) is 5.12. The lowest BCUT2D eigenvalue weighted by Crippen LogP contribution is -2.38. The third kappa shape index (κ3) is 4.01. The maximum absolute atomic E-state index is 11.8. The molecule has 1 unspecified atom stereocenters. The molecule has 0 heterocycles. The zero-order valence-electron chi connectivity index (χ0n) is 11.1. The van der Waals surface area contributed by atoms with E-state index in [9.17, 15) is 4.79 Å². The number of nitrogens with zero attached hydrogens (tertiary/aromatic N) is 1. The molecule has 5 heteroatoms. The van der Waals surface area contributed by atoms with Crippen LogP contribution in [0.25, 0.3) is 0 Å². The predicted octanol–water partition coefficient (Wildman–Crippen LogP) is 0.828. The second-order valence-corrected chi connectivity index (χ2v) is 4.57. The zero-order chi connectivity index (χ0) is 13.7. The molecule has 4 N–H and O–H groups in total. The summed E-state index contributed by atoms with van der Waals surface area (Å²) >= 11 is 0. The minimum Gasteiger partial charge on any atom is -0.399 e. The van der Waals surface area contributed by atoms with Crippen molar-refractivity contribution in [2.45, 2.75) is 19.9 Å². The van der Waals surface area contributed by atoms with Crippen molar-refractivity contribution in [2.24, 2.45) is 0 Å². The van der Waals surface area contributed by atoms with Gasteiger partial charge < -0.3 is 16.2 Å². The van der Waals surface area contributed by atoms with Crippen molar-refractivity contribution >= 4 is 17.3 Å². The Hall–Kier alpha value is -1.59. The molecule has 1 rings (SSSR count). The van der Waals surface area contributed by atoms with Gasteiger partial charge in [-0.1, -0.05) is 6.07 Å². The first-order valence-corrected chi connectivity index (χ1v) is 5.91. The number of anilines is 2. The van der Waals surface area contributed by atoms with Gasteiger partial charge in [-0.3, -0.25) is 9.69 Å². The lowest BCUT2D eigenvalue weighted by Gasteiger charge is -2.22. The molecule has 0 aliphatic rings. The summed E-state index contributed by atoms with van der Waals surface area (Å²) < 4.78 is 0. The molecule has 1 amide bonds. The van der Waals surface area contributed by atoms with Crippen molar-refractivity contribution in [3.8, 4) is 0 Å². The Morgan fingerprint density at radius 3 is 2.83 bits per heavy atom. The number of amides is 1. The van der Waals surface area contributed by atoms with Crippen molar-refractivity contribution in [3.05, 3.63) is 23.8 Å². The van der Waals surface area contributed by atoms with Gasteiger partial charge in [0.1, 0.15) is 0 Å². The number of rotatable bonds is 5. The number of aliphatic hydroxyl groups is 1. The molecule has 0 fully saturated rings. The molecular weight excluding hydrogens is 230 g/mol. The Morgan fingerprint density at radius 1 is 1.56 bits per heavy atom. The summed E-state index contributed by atoms with van der Waals surface area (Å²) in [5.41, 5.74) is 7.99. The monoisotopic (exact) mass is 251 g/mol. The third-order valence-corrected chi connectivity index (χ3v) is 2.95. The molecule has 0 aliphatic heterocycles. The molecule has 5 nitrogen and oxygen atoms in total. The summed E-state index contributed by atoms with van der Waals surface area (Å²) in [5, 5.41) is 11.8. The highest BCUT2D eigenvalue weighted by Gasteiger charge is 2.12. The predicted molar refractivity (Wildman–Crippen MR) is 73.4 cm³/mol. The van der Waals surface area contributed by atoms with E-state index in [1.165, 1.54) is 0 Å². The fraction of sp³-hybridized carbons (Fsp3) is 0.462. The van der Waals surface area contributed by atoms with Crippen LogP contribution in [0.15, 0.2) is 18.2 Å². The van der Waals surface area contributed by atoms with Crippen molar-refractivity contribution in [1.82, 2.24) is 4.90 Å². The van der Waals surface area contributed by atoms with Crippen LogP contribution in [0.2, 0.25) is 0 Å². The van der Waals surface area contributed by atoms with Crippen LogP contribution in [-0.2, 0) is 4.79 Å². The van der Waals surface area contributed by atoms with Gasteiger partial charge in [0.05, 0.1) is 13.2 Å². The van der Waals surface area contributed by atoms with Gasteiger partial charge in [0.2, 0.25) is 5.91 Å². The molecule has 1 aromatic rings. The van der Waals surface area contributed by atoms with Gasteiger partial charge in [-0.2, -0.15) is 0 Å². The summed E-state index contributed by atoms with van der Waals surface area (Å²) in [4.78, 5) is 13.6. The smallest absolute Gasteiger partial charge is 0.238 e. The first-order chi connectivity index (χ1) is 8.43. The topological polar surface area (TPSA) is 78.6 Å². The van der Waals surface area contributed by atoms with Crippen molar-refractivity contribution in [1.29, 1.82) is 0 Å². The van der Waals surface area contributed by atoms with Gasteiger partial charge in [-0.05, 0) is 38.6 Å². The normalized spacial score (nSPS) is 12.5. The number of nitrogen functional groups attached to an aromatic ring is 1. The van der Waals surface area contributed by atoms with Gasteiger partial charge in [-0.25, -0.2) is 0 Å². The van der Waals surface area contributed by atoms with E-state index in [-0.39, 0.29) is 25.1 Å². The molecule has 100 valence electrons. The van der Waals surface area contributed by atoms with Crippen LogP contribution in [0, 0.1) is 6.92 Å². The maximum atomic E-state index is 11.8. The van der Waals surface area contributed by atoms with Gasteiger partial charge >= 0.3 is 0 Å². The molecule has 0 saturated carbocycles. The Morgan fingerprint density at radius 2 is 2.22 bits per heavy atom. The van der Waals surface area contributed by atoms with Gasteiger partial charge in [-0.15, -0.1) is 0 Å². The molecule has 1 atom stereocenters. The number of likely N-dealkylation sites (N-methyl/N-ethyl adjacent to an activating group) is 1. The SMILES string of the molecule is Cc1ccc(N)cc1NC(=O)CN(C)C(C)CO. The van der Waals surface area contributed by atoms with E-state index in [0.717, 1.165) is 11.3 Å². The fourth-order valence-electron chi connectivity index (χ4n) is 1.49. The van der Waals surface area contributed by atoms with E-state index in [2.05, 4.69) is 5.32 Å². The molecule has 1 aromatic carbocycles. The number of benzene rings is 1. The minimum absolute atomic E-state index is 0.0289. The van der Waals surface area contributed by atoms with Crippen molar-refractivity contribution < 1.29 is 9.90 Å². The maximum Gasteiger partial charge on any atom is 0.238 e. The standard InChI is InChI=1S/C13H21N3O2/c1-9-4-5-11(14)6-12(9)15-13(18)7-16(3)10(2)8-17/h4-6,10,17H,7-8,14H2,1-3H3,(H,15,18). The van der Waals surface area contributed by atoms with E-state index >= 15 is 0 Å². The zero-order valence-corrected chi connectivity index (χ0v) is 11.1. The van der Waals surface area contributed by atoms with Crippen LogP contribution in [-0.4, -0.2) is 42.2 Å². The van der Waals surface area contributed by atoms with Crippen LogP contribution < -0.4 is 11.1 Å². The first kappa shape index (κ1) is 14.5. The molecule has 0 radical (unpaired) electrons. The Bertz CT molecular complexity index is 421. The molecule has 0 saturated heterocycles. The third-order valence-electron chi connectivity index (χ3n) is 2.95. The molecule has 0 aliphatic carbocycles. The quantitative estimate of drug-likeness (QED) is 0.677. The number of nitrogens with two attached hydrogens (primary N) is 1. The number of hydrogen-bond donors (Lipinski definition) is 3. The lowest BCUT2D eigenvalue weighted by molar-refractivity contribution is -0.117. The number of aryl methyl sites for hydroxylation is 1. The average molecular weight is 251 g/mol. The fourth-order valence-corrected chi connectivity index (χ4v) is 1.49. The average Bonchev–Trinajstić information content (AvgIpc) is 2.32. The Labute approximate surface area is 108 Å². The van der Waals surface area contributed by atoms with Gasteiger partial charge in [0.15, 0.2) is 0 Å². The van der Waals surface area contributed by atoms with Gasteiger partial charge in [0, 0.05) is 17.4 Å². The van der Waals surface area contributed by atoms with Crippen molar-refractivity contribution in [3.63, 3.8) is 0 Å². The number of carbonyl (C=O) groups excluding carboxylic acids is 1. The Balaban J connectivity index is 2.62. The number of nitrogens with one attached hydrogen (secondary N) is 1. The summed E-state index contributed by atoms with van der Waals surface area (Å²) in [6.07, 6.45) is 0. The highest BCUT2D eigenvalue weighted by Crippen LogP contribution is 2.17. The van der Waals surface area contributed by atoms with Crippen LogP contribution in [0.1, 0.15) is 12.5 Å². The molecule has 0 bridgehead atoms. The lowest BCUT2D eigenvalue weighted by atomic mass is 10.2. The van der Waals surface area contributed by atoms with Crippen molar-refractivity contribution in [2.75, 3.05) is 31.2 Å². The van der Waals surface area contributed by atoms with E-state index < -0.39 is 0 Å². The van der Waals surface area contributed by atoms with Crippen LogP contribution in [0.3, 0.4) is 0 Å². The summed E-state index contributed by atoms with van der Waals surface area (Å²) in [7, 11) is 1.80. The molecule has 18 heavy (non-hydrogen) atoms. The highest BCUT2D eigenvalue weighted by molar-refractivity contribution is 5.93. The van der Waals surface area contributed by atoms with Gasteiger partial charge in [0.25, 0.3) is 0 Å². The molecule has 0 spiro atoms. The summed E-state index contributed by atoms with van der Waals surface area (Å²) in [5.74, 6) is -0.119. The van der Waals surface area contributed by atoms with Crippen LogP contribution in [0.5, 0.6) is 0 Å². The molecule has 0 aromatic heterocycles. The number of carbonyl (C=O) groups is 1. The second-order valence-electron chi connectivity index (χ2n) is 4.57. The van der Waals surface area contributed by atoms with E-state index in [4.69, 9.17) is 10.8 Å². The summed E-state index contributed by atoms with van der Waals surface area (Å²) in [6, 6.07) is 5.36.